The summed E-state index contributed by atoms with van der Waals surface area (Å²) < 4.78 is 0. The highest BCUT2D eigenvalue weighted by molar-refractivity contribution is 5.17. The Labute approximate surface area is 120 Å². The smallest absolute Gasteiger partial charge is 0.0802 e. The van der Waals surface area contributed by atoms with Crippen molar-refractivity contribution in [2.24, 2.45) is 0 Å². The summed E-state index contributed by atoms with van der Waals surface area (Å²) in [6.45, 7) is 1.83. The van der Waals surface area contributed by atoms with Crippen molar-refractivity contribution in [2.45, 2.75) is 18.9 Å². The Kier molecular flexibility index (Phi) is 5.71. The molecule has 1 aromatic heterocycles. The lowest BCUT2D eigenvalue weighted by Crippen LogP contribution is -2.24. The van der Waals surface area contributed by atoms with Crippen LogP contribution in [0.4, 0.5) is 0 Å². The largest absolute Gasteiger partial charge is 0.388 e. The summed E-state index contributed by atoms with van der Waals surface area (Å²) in [6.07, 6.45) is 3.14. The number of nitrogens with zero attached hydrogens (tertiary/aromatic N) is 2. The van der Waals surface area contributed by atoms with Crippen LogP contribution in [-0.4, -0.2) is 35.1 Å². The van der Waals surface area contributed by atoms with E-state index in [0.717, 1.165) is 37.2 Å². The summed E-state index contributed by atoms with van der Waals surface area (Å²) in [7, 11) is 2.08. The van der Waals surface area contributed by atoms with Gasteiger partial charge in [-0.05, 0) is 31.2 Å². The lowest BCUT2D eigenvalue weighted by molar-refractivity contribution is 0.149. The average Bonchev–Trinajstić information content (AvgIpc) is 2.52. The van der Waals surface area contributed by atoms with Crippen LogP contribution in [0.25, 0.3) is 0 Å². The third kappa shape index (κ3) is 4.76. The van der Waals surface area contributed by atoms with Gasteiger partial charge in [-0.15, -0.1) is 0 Å². The molecule has 20 heavy (non-hydrogen) atoms. The number of rotatable bonds is 7. The number of likely N-dealkylation sites (N-methyl/N-ethyl adjacent to an activating group) is 1. The van der Waals surface area contributed by atoms with Gasteiger partial charge in [-0.1, -0.05) is 36.4 Å². The van der Waals surface area contributed by atoms with Crippen LogP contribution in [-0.2, 0) is 6.42 Å². The van der Waals surface area contributed by atoms with Crippen LogP contribution in [0.3, 0.4) is 0 Å². The number of aromatic nitrogens is 1. The summed E-state index contributed by atoms with van der Waals surface area (Å²) in [5, 5.41) is 10.1. The Morgan fingerprint density at radius 2 is 1.80 bits per heavy atom. The van der Waals surface area contributed by atoms with E-state index in [-0.39, 0.29) is 6.10 Å². The molecule has 106 valence electrons. The normalized spacial score (nSPS) is 12.6. The molecular weight excluding hydrogens is 248 g/mol. The minimum atomic E-state index is -0.381. The van der Waals surface area contributed by atoms with E-state index in [0.29, 0.717) is 0 Å². The predicted octanol–water partition coefficient (Wildman–Crippen LogP) is 2.68. The third-order valence-corrected chi connectivity index (χ3v) is 3.44. The molecule has 1 atom stereocenters. The van der Waals surface area contributed by atoms with E-state index in [1.807, 2.05) is 54.7 Å². The summed E-state index contributed by atoms with van der Waals surface area (Å²) in [5.74, 6) is 0. The molecule has 1 heterocycles. The van der Waals surface area contributed by atoms with Crippen molar-refractivity contribution in [1.29, 1.82) is 0 Å². The van der Waals surface area contributed by atoms with E-state index in [1.54, 1.807) is 0 Å². The average molecular weight is 270 g/mol. The summed E-state index contributed by atoms with van der Waals surface area (Å²) in [5.41, 5.74) is 2.11. The van der Waals surface area contributed by atoms with Crippen LogP contribution >= 0.6 is 0 Å². The molecule has 0 amide bonds. The van der Waals surface area contributed by atoms with E-state index in [4.69, 9.17) is 0 Å². The molecular formula is C17H22N2O. The van der Waals surface area contributed by atoms with Crippen molar-refractivity contribution in [1.82, 2.24) is 9.88 Å². The van der Waals surface area contributed by atoms with Gasteiger partial charge >= 0.3 is 0 Å². The van der Waals surface area contributed by atoms with Crippen LogP contribution in [0.15, 0.2) is 54.7 Å². The number of hydrogen-bond acceptors (Lipinski definition) is 3. The number of pyridine rings is 1. The molecule has 0 aliphatic heterocycles. The van der Waals surface area contributed by atoms with Crippen LogP contribution in [0, 0.1) is 0 Å². The number of benzene rings is 1. The van der Waals surface area contributed by atoms with Gasteiger partial charge in [-0.3, -0.25) is 4.98 Å². The number of aliphatic hydroxyl groups excluding tert-OH is 1. The monoisotopic (exact) mass is 270 g/mol. The van der Waals surface area contributed by atoms with Gasteiger partial charge in [0, 0.05) is 31.4 Å². The van der Waals surface area contributed by atoms with Gasteiger partial charge < -0.3 is 10.0 Å². The number of hydrogen-bond donors (Lipinski definition) is 1. The second kappa shape index (κ2) is 7.78. The molecule has 2 rings (SSSR count). The molecule has 0 radical (unpaired) electrons. The summed E-state index contributed by atoms with van der Waals surface area (Å²) >= 11 is 0. The Balaban J connectivity index is 1.71. The SMILES string of the molecule is CN(CCc1ccccn1)CC[C@@H](O)c1ccccc1. The highest BCUT2D eigenvalue weighted by Gasteiger charge is 2.08. The quantitative estimate of drug-likeness (QED) is 0.840. The summed E-state index contributed by atoms with van der Waals surface area (Å²) in [4.78, 5) is 6.55. The van der Waals surface area contributed by atoms with Crippen molar-refractivity contribution in [3.8, 4) is 0 Å². The van der Waals surface area contributed by atoms with E-state index in [1.165, 1.54) is 0 Å². The van der Waals surface area contributed by atoms with Crippen molar-refractivity contribution < 1.29 is 5.11 Å². The Bertz CT molecular complexity index is 487. The second-order valence-corrected chi connectivity index (χ2v) is 5.09. The molecule has 3 heteroatoms. The maximum absolute atomic E-state index is 10.1. The van der Waals surface area contributed by atoms with Gasteiger partial charge in [0.1, 0.15) is 0 Å². The first-order valence-corrected chi connectivity index (χ1v) is 7.07. The van der Waals surface area contributed by atoms with E-state index < -0.39 is 0 Å². The van der Waals surface area contributed by atoms with Crippen molar-refractivity contribution >= 4 is 0 Å². The molecule has 0 aliphatic carbocycles. The lowest BCUT2D eigenvalue weighted by Gasteiger charge is -2.18. The van der Waals surface area contributed by atoms with Crippen molar-refractivity contribution in [3.05, 3.63) is 66.0 Å². The van der Waals surface area contributed by atoms with E-state index in [2.05, 4.69) is 16.9 Å². The summed E-state index contributed by atoms with van der Waals surface area (Å²) in [6, 6.07) is 15.8. The molecule has 0 saturated carbocycles. The fourth-order valence-electron chi connectivity index (χ4n) is 2.15. The van der Waals surface area contributed by atoms with E-state index >= 15 is 0 Å². The van der Waals surface area contributed by atoms with Gasteiger partial charge in [-0.25, -0.2) is 0 Å². The van der Waals surface area contributed by atoms with Gasteiger partial charge in [0.05, 0.1) is 6.10 Å². The van der Waals surface area contributed by atoms with Gasteiger partial charge in [0.25, 0.3) is 0 Å². The zero-order valence-electron chi connectivity index (χ0n) is 11.9. The molecule has 0 unspecified atom stereocenters. The van der Waals surface area contributed by atoms with Crippen LogP contribution in [0.2, 0.25) is 0 Å². The Morgan fingerprint density at radius 1 is 1.05 bits per heavy atom. The molecule has 0 fully saturated rings. The minimum Gasteiger partial charge on any atom is -0.388 e. The lowest BCUT2D eigenvalue weighted by atomic mass is 10.1. The van der Waals surface area contributed by atoms with Crippen LogP contribution < -0.4 is 0 Å². The van der Waals surface area contributed by atoms with Gasteiger partial charge in [-0.2, -0.15) is 0 Å². The van der Waals surface area contributed by atoms with Crippen molar-refractivity contribution in [2.75, 3.05) is 20.1 Å². The first-order chi connectivity index (χ1) is 9.75. The van der Waals surface area contributed by atoms with Gasteiger partial charge in [0.15, 0.2) is 0 Å². The maximum Gasteiger partial charge on any atom is 0.0802 e. The van der Waals surface area contributed by atoms with Crippen molar-refractivity contribution in [3.63, 3.8) is 0 Å². The molecule has 3 nitrogen and oxygen atoms in total. The Morgan fingerprint density at radius 3 is 2.50 bits per heavy atom. The Hall–Kier alpha value is -1.71. The minimum absolute atomic E-state index is 0.381. The first kappa shape index (κ1) is 14.7. The second-order valence-electron chi connectivity index (χ2n) is 5.09. The molecule has 2 aromatic rings. The molecule has 0 bridgehead atoms. The van der Waals surface area contributed by atoms with Gasteiger partial charge in [0.2, 0.25) is 0 Å². The topological polar surface area (TPSA) is 36.4 Å². The van der Waals surface area contributed by atoms with E-state index in [9.17, 15) is 5.11 Å². The third-order valence-electron chi connectivity index (χ3n) is 3.44. The maximum atomic E-state index is 10.1. The zero-order valence-corrected chi connectivity index (χ0v) is 11.9. The highest BCUT2D eigenvalue weighted by Crippen LogP contribution is 2.15. The highest BCUT2D eigenvalue weighted by atomic mass is 16.3. The first-order valence-electron chi connectivity index (χ1n) is 7.07. The fraction of sp³-hybridized carbons (Fsp3) is 0.353. The number of aliphatic hydroxyl groups is 1. The molecule has 1 N–H and O–H groups in total. The van der Waals surface area contributed by atoms with Crippen LogP contribution in [0.1, 0.15) is 23.8 Å². The predicted molar refractivity (Wildman–Crippen MR) is 81.5 cm³/mol. The fourth-order valence-corrected chi connectivity index (χ4v) is 2.15. The molecule has 0 spiro atoms. The standard InChI is InChI=1S/C17H22N2O/c1-19(13-10-16-9-5-6-12-18-16)14-11-17(20)15-7-3-2-4-8-15/h2-9,12,17,20H,10-11,13-14H2,1H3/t17-/m1/s1. The molecule has 0 aliphatic rings. The zero-order chi connectivity index (χ0) is 14.2. The molecule has 1 aromatic carbocycles. The van der Waals surface area contributed by atoms with Crippen LogP contribution in [0.5, 0.6) is 0 Å². The molecule has 0 saturated heterocycles.